The van der Waals surface area contributed by atoms with E-state index in [9.17, 15) is 9.18 Å². The second-order valence-corrected chi connectivity index (χ2v) is 7.17. The molecule has 1 amide bonds. The van der Waals surface area contributed by atoms with E-state index in [1.807, 2.05) is 40.2 Å². The Morgan fingerprint density at radius 1 is 1.18 bits per heavy atom. The molecule has 1 aliphatic heterocycles. The number of piperidine rings is 1. The summed E-state index contributed by atoms with van der Waals surface area (Å²) in [6.07, 6.45) is 12.4. The normalized spacial score (nSPS) is 16.9. The van der Waals surface area contributed by atoms with Crippen LogP contribution in [0, 0.1) is 5.82 Å². The highest BCUT2D eigenvalue weighted by Crippen LogP contribution is 2.26. The Labute approximate surface area is 163 Å². The number of benzene rings is 1. The van der Waals surface area contributed by atoms with Gasteiger partial charge < -0.3 is 9.47 Å². The van der Waals surface area contributed by atoms with Gasteiger partial charge >= 0.3 is 0 Å². The van der Waals surface area contributed by atoms with Crippen LogP contribution in [-0.4, -0.2) is 37.9 Å². The molecule has 6 heteroatoms. The van der Waals surface area contributed by atoms with Crippen molar-refractivity contribution < 1.29 is 9.18 Å². The van der Waals surface area contributed by atoms with Gasteiger partial charge in [-0.25, -0.2) is 9.37 Å². The molecule has 0 radical (unpaired) electrons. The first-order chi connectivity index (χ1) is 13.7. The molecule has 3 heterocycles. The Balaban J connectivity index is 1.53. The Bertz CT molecular complexity index is 941. The molecule has 1 aromatic carbocycles. The van der Waals surface area contributed by atoms with Gasteiger partial charge in [0.2, 0.25) is 0 Å². The number of carbonyl (C=O) groups is 1. The first-order valence-corrected chi connectivity index (χ1v) is 9.69. The SMILES string of the molecule is O=C(c1cccc(-c2ccncc2F)c1)N1CCCCC1CCn1ccnc1. The number of nitrogens with zero attached hydrogens (tertiary/aromatic N) is 4. The summed E-state index contributed by atoms with van der Waals surface area (Å²) in [4.78, 5) is 23.1. The van der Waals surface area contributed by atoms with E-state index in [0.717, 1.165) is 38.8 Å². The molecule has 1 atom stereocenters. The highest BCUT2D eigenvalue weighted by molar-refractivity contribution is 5.95. The van der Waals surface area contributed by atoms with E-state index in [0.29, 0.717) is 16.7 Å². The number of amides is 1. The van der Waals surface area contributed by atoms with Gasteiger partial charge in [-0.3, -0.25) is 9.78 Å². The molecule has 0 bridgehead atoms. The fourth-order valence-corrected chi connectivity index (χ4v) is 3.88. The molecule has 0 N–H and O–H groups in total. The van der Waals surface area contributed by atoms with Crippen LogP contribution in [-0.2, 0) is 6.54 Å². The number of carbonyl (C=O) groups excluding carboxylic acids is 1. The van der Waals surface area contributed by atoms with Gasteiger partial charge in [-0.05, 0) is 49.4 Å². The summed E-state index contributed by atoms with van der Waals surface area (Å²) in [5.41, 5.74) is 1.75. The zero-order chi connectivity index (χ0) is 19.3. The summed E-state index contributed by atoms with van der Waals surface area (Å²) in [6.45, 7) is 1.61. The van der Waals surface area contributed by atoms with Crippen molar-refractivity contribution in [1.82, 2.24) is 19.4 Å². The minimum absolute atomic E-state index is 0.0200. The van der Waals surface area contributed by atoms with Gasteiger partial charge in [-0.1, -0.05) is 12.1 Å². The second kappa shape index (κ2) is 8.33. The number of aryl methyl sites for hydroxylation is 1. The van der Waals surface area contributed by atoms with Crippen molar-refractivity contribution in [3.63, 3.8) is 0 Å². The van der Waals surface area contributed by atoms with Crippen molar-refractivity contribution in [3.05, 3.63) is 72.8 Å². The topological polar surface area (TPSA) is 51.0 Å². The predicted molar refractivity (Wildman–Crippen MR) is 105 cm³/mol. The van der Waals surface area contributed by atoms with E-state index in [1.165, 1.54) is 6.20 Å². The number of hydrogen-bond acceptors (Lipinski definition) is 3. The van der Waals surface area contributed by atoms with Crippen molar-refractivity contribution >= 4 is 5.91 Å². The zero-order valence-electron chi connectivity index (χ0n) is 15.7. The third-order valence-electron chi connectivity index (χ3n) is 5.36. The van der Waals surface area contributed by atoms with Gasteiger partial charge in [0, 0.05) is 48.8 Å². The quantitative estimate of drug-likeness (QED) is 0.670. The molecule has 0 aliphatic carbocycles. The first-order valence-electron chi connectivity index (χ1n) is 9.69. The number of halogens is 1. The fraction of sp³-hybridized carbons (Fsp3) is 0.318. The molecule has 0 saturated carbocycles. The van der Waals surface area contributed by atoms with E-state index >= 15 is 0 Å². The summed E-state index contributed by atoms with van der Waals surface area (Å²) < 4.78 is 16.1. The summed E-state index contributed by atoms with van der Waals surface area (Å²) in [7, 11) is 0. The van der Waals surface area contributed by atoms with Crippen LogP contribution in [0.2, 0.25) is 0 Å². The van der Waals surface area contributed by atoms with Gasteiger partial charge in [0.25, 0.3) is 5.91 Å². The minimum atomic E-state index is -0.386. The van der Waals surface area contributed by atoms with E-state index < -0.39 is 0 Å². The van der Waals surface area contributed by atoms with Crippen LogP contribution in [0.4, 0.5) is 4.39 Å². The predicted octanol–water partition coefficient (Wildman–Crippen LogP) is 4.17. The van der Waals surface area contributed by atoms with Crippen LogP contribution in [0.1, 0.15) is 36.0 Å². The molecule has 4 rings (SSSR count). The molecule has 2 aromatic heterocycles. The van der Waals surface area contributed by atoms with Gasteiger partial charge in [-0.2, -0.15) is 0 Å². The van der Waals surface area contributed by atoms with Gasteiger partial charge in [-0.15, -0.1) is 0 Å². The van der Waals surface area contributed by atoms with Crippen molar-refractivity contribution in [2.45, 2.75) is 38.3 Å². The van der Waals surface area contributed by atoms with Crippen molar-refractivity contribution in [1.29, 1.82) is 0 Å². The van der Waals surface area contributed by atoms with Crippen molar-refractivity contribution in [2.24, 2.45) is 0 Å². The number of imidazole rings is 1. The van der Waals surface area contributed by atoms with Crippen molar-refractivity contribution in [2.75, 3.05) is 6.54 Å². The third-order valence-corrected chi connectivity index (χ3v) is 5.36. The lowest BCUT2D eigenvalue weighted by Crippen LogP contribution is -2.44. The first kappa shape index (κ1) is 18.3. The molecular weight excluding hydrogens is 355 g/mol. The van der Waals surface area contributed by atoms with Crippen LogP contribution in [0.25, 0.3) is 11.1 Å². The number of aromatic nitrogens is 3. The summed E-state index contributed by atoms with van der Waals surface area (Å²) in [5, 5.41) is 0. The molecule has 1 unspecified atom stereocenters. The molecule has 1 saturated heterocycles. The van der Waals surface area contributed by atoms with E-state index in [-0.39, 0.29) is 17.8 Å². The summed E-state index contributed by atoms with van der Waals surface area (Å²) >= 11 is 0. The highest BCUT2D eigenvalue weighted by atomic mass is 19.1. The summed E-state index contributed by atoms with van der Waals surface area (Å²) in [5.74, 6) is -0.366. The molecule has 3 aromatic rings. The Morgan fingerprint density at radius 3 is 2.93 bits per heavy atom. The summed E-state index contributed by atoms with van der Waals surface area (Å²) in [6, 6.07) is 9.07. The Kier molecular flexibility index (Phi) is 5.46. The van der Waals surface area contributed by atoms with Crippen molar-refractivity contribution in [3.8, 4) is 11.1 Å². The van der Waals surface area contributed by atoms with Crippen LogP contribution in [0.15, 0.2) is 61.4 Å². The lowest BCUT2D eigenvalue weighted by molar-refractivity contribution is 0.0595. The van der Waals surface area contributed by atoms with E-state index in [4.69, 9.17) is 0 Å². The van der Waals surface area contributed by atoms with Crippen LogP contribution < -0.4 is 0 Å². The Hall–Kier alpha value is -3.02. The molecular formula is C22H23FN4O. The highest BCUT2D eigenvalue weighted by Gasteiger charge is 2.27. The number of rotatable bonds is 5. The number of likely N-dealkylation sites (tertiary alicyclic amines) is 1. The van der Waals surface area contributed by atoms with Gasteiger partial charge in [0.15, 0.2) is 0 Å². The number of hydrogen-bond donors (Lipinski definition) is 0. The lowest BCUT2D eigenvalue weighted by Gasteiger charge is -2.36. The molecule has 0 spiro atoms. The van der Waals surface area contributed by atoms with E-state index in [2.05, 4.69) is 9.97 Å². The lowest BCUT2D eigenvalue weighted by atomic mass is 9.97. The molecule has 5 nitrogen and oxygen atoms in total. The molecule has 1 fully saturated rings. The van der Waals surface area contributed by atoms with Crippen LogP contribution in [0.3, 0.4) is 0 Å². The van der Waals surface area contributed by atoms with Crippen LogP contribution in [0.5, 0.6) is 0 Å². The average molecular weight is 378 g/mol. The average Bonchev–Trinajstić information content (AvgIpc) is 3.26. The number of pyridine rings is 1. The maximum atomic E-state index is 14.1. The van der Waals surface area contributed by atoms with Gasteiger partial charge in [0.05, 0.1) is 12.5 Å². The van der Waals surface area contributed by atoms with Gasteiger partial charge in [0.1, 0.15) is 5.82 Å². The smallest absolute Gasteiger partial charge is 0.254 e. The zero-order valence-corrected chi connectivity index (χ0v) is 15.7. The standard InChI is InChI=1S/C22H23FN4O/c23-21-15-24-9-7-20(21)17-4-3-5-18(14-17)22(28)27-11-2-1-6-19(27)8-12-26-13-10-25-16-26/h3-5,7,9-10,13-16,19H,1-2,6,8,11-12H2. The second-order valence-electron chi connectivity index (χ2n) is 7.17. The van der Waals surface area contributed by atoms with E-state index in [1.54, 1.807) is 24.5 Å². The maximum Gasteiger partial charge on any atom is 0.254 e. The minimum Gasteiger partial charge on any atom is -0.337 e. The monoisotopic (exact) mass is 378 g/mol. The largest absolute Gasteiger partial charge is 0.337 e. The fourth-order valence-electron chi connectivity index (χ4n) is 3.88. The Morgan fingerprint density at radius 2 is 2.11 bits per heavy atom. The molecule has 28 heavy (non-hydrogen) atoms. The van der Waals surface area contributed by atoms with Crippen LogP contribution >= 0.6 is 0 Å². The molecule has 1 aliphatic rings. The molecule has 144 valence electrons. The maximum absolute atomic E-state index is 14.1. The third kappa shape index (κ3) is 3.96.